The van der Waals surface area contributed by atoms with E-state index in [4.69, 9.17) is 9.40 Å². The Morgan fingerprint density at radius 3 is 2.41 bits per heavy atom. The Morgan fingerprint density at radius 1 is 0.973 bits per heavy atom. The molecule has 0 unspecified atom stereocenters. The van der Waals surface area contributed by atoms with Gasteiger partial charge in [0, 0.05) is 17.5 Å². The van der Waals surface area contributed by atoms with Crippen molar-refractivity contribution in [3.8, 4) is 0 Å². The van der Waals surface area contributed by atoms with E-state index in [1.807, 2.05) is 30.5 Å². The van der Waals surface area contributed by atoms with Crippen molar-refractivity contribution in [1.29, 1.82) is 0 Å². The minimum Gasteiger partial charge on any atom is -0.467 e. The average Bonchev–Trinajstić information content (AvgIpc) is 3.61. The van der Waals surface area contributed by atoms with Crippen LogP contribution in [0.3, 0.4) is 0 Å². The number of benzene rings is 3. The smallest absolute Gasteiger partial charge is 0.264 e. The van der Waals surface area contributed by atoms with Crippen LogP contribution in [0.1, 0.15) is 16.1 Å². The zero-order chi connectivity index (χ0) is 26.0. The van der Waals surface area contributed by atoms with E-state index < -0.39 is 10.0 Å². The van der Waals surface area contributed by atoms with Gasteiger partial charge >= 0.3 is 0 Å². The van der Waals surface area contributed by atoms with Crippen LogP contribution in [0.4, 0.5) is 10.8 Å². The molecule has 5 aromatic rings. The fourth-order valence-electron chi connectivity index (χ4n) is 3.84. The van der Waals surface area contributed by atoms with E-state index in [1.54, 1.807) is 59.3 Å². The lowest BCUT2D eigenvalue weighted by Crippen LogP contribution is -2.30. The Balaban J connectivity index is 1.48. The van der Waals surface area contributed by atoms with E-state index in [9.17, 15) is 13.2 Å². The first-order valence-corrected chi connectivity index (χ1v) is 14.8. The van der Waals surface area contributed by atoms with Crippen LogP contribution >= 0.6 is 23.1 Å². The summed E-state index contributed by atoms with van der Waals surface area (Å²) in [6.07, 6.45) is 3.55. The molecule has 3 aromatic carbocycles. The maximum Gasteiger partial charge on any atom is 0.264 e. The summed E-state index contributed by atoms with van der Waals surface area (Å²) in [5.74, 6) is 0.308. The number of nitrogens with zero attached hydrogens (tertiary/aromatic N) is 3. The number of hydrogen-bond donors (Lipinski definition) is 0. The van der Waals surface area contributed by atoms with E-state index in [-0.39, 0.29) is 17.3 Å². The monoisotopic (exact) mass is 549 g/mol. The van der Waals surface area contributed by atoms with Crippen molar-refractivity contribution in [2.45, 2.75) is 16.3 Å². The number of carbonyl (C=O) groups is 1. The summed E-state index contributed by atoms with van der Waals surface area (Å²) in [7, 11) is -2.29. The molecule has 7 nitrogen and oxygen atoms in total. The van der Waals surface area contributed by atoms with Crippen LogP contribution in [-0.2, 0) is 16.6 Å². The molecule has 2 heterocycles. The molecule has 0 N–H and O–H groups in total. The molecule has 5 rings (SSSR count). The highest BCUT2D eigenvalue weighted by molar-refractivity contribution is 7.98. The van der Waals surface area contributed by atoms with Gasteiger partial charge in [-0.15, -0.1) is 11.8 Å². The van der Waals surface area contributed by atoms with Gasteiger partial charge in [0.15, 0.2) is 5.13 Å². The van der Waals surface area contributed by atoms with Crippen molar-refractivity contribution < 1.29 is 17.6 Å². The molecule has 0 saturated carbocycles. The molecule has 0 bridgehead atoms. The van der Waals surface area contributed by atoms with Gasteiger partial charge in [-0.2, -0.15) is 0 Å². The maximum atomic E-state index is 13.7. The number of furan rings is 1. The third-order valence-corrected chi connectivity index (χ3v) is 9.45. The summed E-state index contributed by atoms with van der Waals surface area (Å²) < 4.78 is 34.0. The van der Waals surface area contributed by atoms with Gasteiger partial charge in [-0.1, -0.05) is 35.6 Å². The SMILES string of the molecule is CSc1cccc2sc(N(Cc3ccco3)C(=O)c3ccc(S(=O)(=O)N(C)c4ccccc4)cc3)nc12. The number of anilines is 2. The molecule has 0 radical (unpaired) electrons. The molecule has 0 atom stereocenters. The van der Waals surface area contributed by atoms with Crippen LogP contribution in [-0.4, -0.2) is 32.6 Å². The normalized spacial score (nSPS) is 11.5. The predicted molar refractivity (Wildman–Crippen MR) is 149 cm³/mol. The second-order valence-corrected chi connectivity index (χ2v) is 11.9. The van der Waals surface area contributed by atoms with Gasteiger partial charge in [0.25, 0.3) is 15.9 Å². The number of hydrogen-bond acceptors (Lipinski definition) is 7. The molecule has 1 amide bonds. The number of thiazole rings is 1. The van der Waals surface area contributed by atoms with Gasteiger partial charge in [-0.3, -0.25) is 14.0 Å². The largest absolute Gasteiger partial charge is 0.467 e. The van der Waals surface area contributed by atoms with Gasteiger partial charge < -0.3 is 4.42 Å². The van der Waals surface area contributed by atoms with Crippen LogP contribution in [0.5, 0.6) is 0 Å². The topological polar surface area (TPSA) is 83.7 Å². The van der Waals surface area contributed by atoms with E-state index in [2.05, 4.69) is 0 Å². The van der Waals surface area contributed by atoms with Gasteiger partial charge in [-0.25, -0.2) is 13.4 Å². The number of fused-ring (bicyclic) bond motifs is 1. The summed E-state index contributed by atoms with van der Waals surface area (Å²) in [4.78, 5) is 21.2. The van der Waals surface area contributed by atoms with Crippen molar-refractivity contribution in [2.75, 3.05) is 22.5 Å². The fourth-order valence-corrected chi connectivity index (χ4v) is 6.65. The van der Waals surface area contributed by atoms with E-state index in [1.165, 1.54) is 47.0 Å². The quantitative estimate of drug-likeness (QED) is 0.212. The highest BCUT2D eigenvalue weighted by Crippen LogP contribution is 2.35. The minimum atomic E-state index is -3.79. The number of aromatic nitrogens is 1. The van der Waals surface area contributed by atoms with Crippen molar-refractivity contribution in [3.05, 3.63) is 103 Å². The van der Waals surface area contributed by atoms with Crippen LogP contribution in [0.15, 0.2) is 105 Å². The van der Waals surface area contributed by atoms with Crippen LogP contribution in [0.2, 0.25) is 0 Å². The van der Waals surface area contributed by atoms with Crippen molar-refractivity contribution in [3.63, 3.8) is 0 Å². The first kappa shape index (κ1) is 25.1. The lowest BCUT2D eigenvalue weighted by Gasteiger charge is -2.21. The summed E-state index contributed by atoms with van der Waals surface area (Å²) in [5.41, 5.74) is 1.74. The van der Waals surface area contributed by atoms with Crippen molar-refractivity contribution >= 4 is 60.1 Å². The molecule has 2 aromatic heterocycles. The Hall–Kier alpha value is -3.60. The zero-order valence-electron chi connectivity index (χ0n) is 20.1. The van der Waals surface area contributed by atoms with Crippen LogP contribution in [0, 0.1) is 0 Å². The average molecular weight is 550 g/mol. The zero-order valence-corrected chi connectivity index (χ0v) is 22.5. The molecule has 0 aliphatic rings. The molecule has 0 aliphatic heterocycles. The third kappa shape index (κ3) is 5.00. The lowest BCUT2D eigenvalue weighted by molar-refractivity contribution is 0.0983. The number of amides is 1. The standard InChI is InChI=1S/C27H23N3O4S3/c1-29(20-8-4-3-5-9-20)37(32,33)22-15-13-19(14-16-22)26(31)30(18-21-10-7-17-34-21)27-28-25-23(35-2)11-6-12-24(25)36-27/h3-17H,18H2,1-2H3. The number of thioether (sulfide) groups is 1. The molecule has 10 heteroatoms. The first-order chi connectivity index (χ1) is 17.9. The van der Waals surface area contributed by atoms with Gasteiger partial charge in [0.2, 0.25) is 0 Å². The lowest BCUT2D eigenvalue weighted by atomic mass is 10.2. The Morgan fingerprint density at radius 2 is 1.73 bits per heavy atom. The summed E-state index contributed by atoms with van der Waals surface area (Å²) in [5, 5.41) is 0.540. The van der Waals surface area contributed by atoms with Gasteiger partial charge in [0.1, 0.15) is 5.76 Å². The minimum absolute atomic E-state index is 0.0950. The molecule has 188 valence electrons. The van der Waals surface area contributed by atoms with E-state index in [0.717, 1.165) is 15.1 Å². The molecule has 0 fully saturated rings. The fraction of sp³-hybridized carbons (Fsp3) is 0.111. The Kier molecular flexibility index (Phi) is 7.05. The molecule has 37 heavy (non-hydrogen) atoms. The second kappa shape index (κ2) is 10.4. The highest BCUT2D eigenvalue weighted by Gasteiger charge is 2.25. The van der Waals surface area contributed by atoms with Crippen LogP contribution in [0.25, 0.3) is 10.2 Å². The van der Waals surface area contributed by atoms with Crippen molar-refractivity contribution in [1.82, 2.24) is 4.98 Å². The molecule has 0 aliphatic carbocycles. The number of carbonyl (C=O) groups excluding carboxylic acids is 1. The van der Waals surface area contributed by atoms with E-state index in [0.29, 0.717) is 22.1 Å². The van der Waals surface area contributed by atoms with Crippen molar-refractivity contribution in [2.24, 2.45) is 0 Å². The summed E-state index contributed by atoms with van der Waals surface area (Å²) in [6, 6.07) is 24.3. The molecule has 0 spiro atoms. The number of rotatable bonds is 8. The number of para-hydroxylation sites is 2. The van der Waals surface area contributed by atoms with Gasteiger partial charge in [-0.05, 0) is 66.9 Å². The van der Waals surface area contributed by atoms with Crippen LogP contribution < -0.4 is 9.21 Å². The maximum absolute atomic E-state index is 13.7. The molecular formula is C27H23N3O4S3. The Labute approximate surface area is 223 Å². The highest BCUT2D eigenvalue weighted by atomic mass is 32.2. The molecular weight excluding hydrogens is 527 g/mol. The molecule has 0 saturated heterocycles. The third-order valence-electron chi connectivity index (χ3n) is 5.84. The Bertz CT molecular complexity index is 1630. The summed E-state index contributed by atoms with van der Waals surface area (Å²) in [6.45, 7) is 0.192. The predicted octanol–water partition coefficient (Wildman–Crippen LogP) is 6.28. The van der Waals surface area contributed by atoms with E-state index >= 15 is 0 Å². The summed E-state index contributed by atoms with van der Waals surface area (Å²) >= 11 is 3.02. The first-order valence-electron chi connectivity index (χ1n) is 11.3. The second-order valence-electron chi connectivity index (χ2n) is 8.11. The van der Waals surface area contributed by atoms with Gasteiger partial charge in [0.05, 0.1) is 33.6 Å². The number of sulfonamides is 1.